The summed E-state index contributed by atoms with van der Waals surface area (Å²) in [5, 5.41) is 25.4. The number of nitro groups is 1. The van der Waals surface area contributed by atoms with Gasteiger partial charge in [0.05, 0.1) is 29.5 Å². The summed E-state index contributed by atoms with van der Waals surface area (Å²) in [5.41, 5.74) is 1.15. The molecule has 3 aromatic rings. The van der Waals surface area contributed by atoms with E-state index in [0.29, 0.717) is 15.2 Å². The molecule has 9 nitrogen and oxygen atoms in total. The zero-order valence-corrected chi connectivity index (χ0v) is 16.3. The van der Waals surface area contributed by atoms with Gasteiger partial charge in [0, 0.05) is 11.8 Å². The van der Waals surface area contributed by atoms with E-state index < -0.39 is 4.92 Å². The SMILES string of the molecule is COc1cc([N+](=O)[O-])ccc1NC(=O)CSc1nnc(Nc2ccccc2)s1. The Balaban J connectivity index is 1.55. The number of nitrogens with one attached hydrogen (secondary N) is 2. The number of benzene rings is 2. The van der Waals surface area contributed by atoms with Crippen molar-refractivity contribution in [3.8, 4) is 5.75 Å². The number of non-ortho nitro benzene ring substituents is 1. The number of aromatic nitrogens is 2. The van der Waals surface area contributed by atoms with E-state index >= 15 is 0 Å². The zero-order valence-electron chi connectivity index (χ0n) is 14.6. The Morgan fingerprint density at radius 1 is 1.25 bits per heavy atom. The van der Waals surface area contributed by atoms with Crippen LogP contribution in [-0.4, -0.2) is 33.9 Å². The predicted molar refractivity (Wildman–Crippen MR) is 109 cm³/mol. The van der Waals surface area contributed by atoms with Crippen molar-refractivity contribution >= 4 is 51.2 Å². The summed E-state index contributed by atoms with van der Waals surface area (Å²) >= 11 is 2.58. The highest BCUT2D eigenvalue weighted by molar-refractivity contribution is 8.01. The maximum absolute atomic E-state index is 12.2. The number of methoxy groups -OCH3 is 1. The summed E-state index contributed by atoms with van der Waals surface area (Å²) in [5.74, 6) is 0.0443. The highest BCUT2D eigenvalue weighted by atomic mass is 32.2. The number of carbonyl (C=O) groups excluding carboxylic acids is 1. The quantitative estimate of drug-likeness (QED) is 0.321. The Labute approximate surface area is 168 Å². The summed E-state index contributed by atoms with van der Waals surface area (Å²) in [6.45, 7) is 0. The molecule has 0 fully saturated rings. The molecule has 0 aliphatic heterocycles. The lowest BCUT2D eigenvalue weighted by molar-refractivity contribution is -0.384. The van der Waals surface area contributed by atoms with Crippen LogP contribution in [0.15, 0.2) is 52.9 Å². The van der Waals surface area contributed by atoms with E-state index in [1.165, 1.54) is 48.4 Å². The van der Waals surface area contributed by atoms with Crippen LogP contribution in [0.3, 0.4) is 0 Å². The monoisotopic (exact) mass is 417 g/mol. The fourth-order valence-corrected chi connectivity index (χ4v) is 3.75. The molecule has 2 N–H and O–H groups in total. The van der Waals surface area contributed by atoms with Gasteiger partial charge in [-0.15, -0.1) is 10.2 Å². The van der Waals surface area contributed by atoms with Gasteiger partial charge in [-0.1, -0.05) is 41.3 Å². The second-order valence-corrected chi connectivity index (χ2v) is 7.54. The minimum atomic E-state index is -0.527. The van der Waals surface area contributed by atoms with E-state index in [1.54, 1.807) is 0 Å². The van der Waals surface area contributed by atoms with Gasteiger partial charge in [0.15, 0.2) is 4.34 Å². The minimum Gasteiger partial charge on any atom is -0.494 e. The third-order valence-electron chi connectivity index (χ3n) is 3.43. The third kappa shape index (κ3) is 5.18. The van der Waals surface area contributed by atoms with E-state index in [4.69, 9.17) is 4.74 Å². The molecule has 2 aromatic carbocycles. The Morgan fingerprint density at radius 3 is 2.75 bits per heavy atom. The summed E-state index contributed by atoms with van der Waals surface area (Å²) < 4.78 is 5.75. The average Bonchev–Trinajstić information content (AvgIpc) is 3.14. The van der Waals surface area contributed by atoms with Crippen molar-refractivity contribution in [3.63, 3.8) is 0 Å². The Morgan fingerprint density at radius 2 is 2.04 bits per heavy atom. The van der Waals surface area contributed by atoms with Gasteiger partial charge in [-0.05, 0) is 18.2 Å². The average molecular weight is 417 g/mol. The Bertz CT molecular complexity index is 981. The molecule has 0 aliphatic carbocycles. The lowest BCUT2D eigenvalue weighted by atomic mass is 10.2. The molecule has 0 atom stereocenters. The Hall–Kier alpha value is -3.18. The minimum absolute atomic E-state index is 0.111. The van der Waals surface area contributed by atoms with Gasteiger partial charge in [0.1, 0.15) is 5.75 Å². The van der Waals surface area contributed by atoms with Crippen LogP contribution in [0.1, 0.15) is 0 Å². The molecule has 0 saturated carbocycles. The van der Waals surface area contributed by atoms with E-state index in [9.17, 15) is 14.9 Å². The number of carbonyl (C=O) groups is 1. The molecule has 3 rings (SSSR count). The predicted octanol–water partition coefficient (Wildman–Crippen LogP) is 3.93. The molecule has 0 unspecified atom stereocenters. The van der Waals surface area contributed by atoms with Crippen LogP contribution in [0.5, 0.6) is 5.75 Å². The molecule has 1 aromatic heterocycles. The fraction of sp³-hybridized carbons (Fsp3) is 0.118. The van der Waals surface area contributed by atoms with E-state index in [0.717, 1.165) is 5.69 Å². The number of ether oxygens (including phenoxy) is 1. The first kappa shape index (κ1) is 19.6. The van der Waals surface area contributed by atoms with Crippen molar-refractivity contribution in [1.29, 1.82) is 0 Å². The second-order valence-electron chi connectivity index (χ2n) is 5.34. The highest BCUT2D eigenvalue weighted by Gasteiger charge is 2.14. The number of hydrogen-bond acceptors (Lipinski definition) is 9. The third-order valence-corrected chi connectivity index (χ3v) is 5.40. The van der Waals surface area contributed by atoms with Gasteiger partial charge < -0.3 is 15.4 Å². The molecule has 1 heterocycles. The van der Waals surface area contributed by atoms with Gasteiger partial charge in [-0.3, -0.25) is 14.9 Å². The van der Waals surface area contributed by atoms with Crippen LogP contribution < -0.4 is 15.4 Å². The first-order chi connectivity index (χ1) is 13.5. The normalized spacial score (nSPS) is 10.3. The molecule has 11 heteroatoms. The first-order valence-electron chi connectivity index (χ1n) is 7.96. The maximum Gasteiger partial charge on any atom is 0.273 e. The van der Waals surface area contributed by atoms with Crippen molar-refractivity contribution in [2.45, 2.75) is 4.34 Å². The van der Waals surface area contributed by atoms with Crippen molar-refractivity contribution in [1.82, 2.24) is 10.2 Å². The number of amides is 1. The fourth-order valence-electron chi connectivity index (χ4n) is 2.17. The van der Waals surface area contributed by atoms with E-state index in [2.05, 4.69) is 20.8 Å². The summed E-state index contributed by atoms with van der Waals surface area (Å²) in [7, 11) is 1.38. The van der Waals surface area contributed by atoms with Crippen LogP contribution in [-0.2, 0) is 4.79 Å². The highest BCUT2D eigenvalue weighted by Crippen LogP contribution is 2.30. The topological polar surface area (TPSA) is 119 Å². The summed E-state index contributed by atoms with van der Waals surface area (Å²) in [4.78, 5) is 22.5. The summed E-state index contributed by atoms with van der Waals surface area (Å²) in [6.07, 6.45) is 0. The largest absolute Gasteiger partial charge is 0.494 e. The Kier molecular flexibility index (Phi) is 6.40. The molecule has 1 amide bonds. The number of nitrogens with zero attached hydrogens (tertiary/aromatic N) is 3. The molecule has 0 spiro atoms. The first-order valence-corrected chi connectivity index (χ1v) is 9.76. The summed E-state index contributed by atoms with van der Waals surface area (Å²) in [6, 6.07) is 13.6. The van der Waals surface area contributed by atoms with Gasteiger partial charge in [0.25, 0.3) is 5.69 Å². The smallest absolute Gasteiger partial charge is 0.273 e. The molecule has 0 radical (unpaired) electrons. The second kappa shape index (κ2) is 9.15. The lowest BCUT2D eigenvalue weighted by Crippen LogP contribution is -2.14. The van der Waals surface area contributed by atoms with Gasteiger partial charge in [0.2, 0.25) is 11.0 Å². The standard InChI is InChI=1S/C17H15N5O4S2/c1-26-14-9-12(22(24)25)7-8-13(14)19-15(23)10-27-17-21-20-16(28-17)18-11-5-3-2-4-6-11/h2-9H,10H2,1H3,(H,18,20)(H,19,23). The van der Waals surface area contributed by atoms with Gasteiger partial charge in [-0.25, -0.2) is 0 Å². The van der Waals surface area contributed by atoms with Crippen LogP contribution in [0.4, 0.5) is 22.2 Å². The number of hydrogen-bond donors (Lipinski definition) is 2. The van der Waals surface area contributed by atoms with Crippen LogP contribution in [0, 0.1) is 10.1 Å². The molecular formula is C17H15N5O4S2. The molecular weight excluding hydrogens is 402 g/mol. The molecule has 0 saturated heterocycles. The molecule has 144 valence electrons. The van der Waals surface area contributed by atoms with Crippen molar-refractivity contribution in [3.05, 3.63) is 58.6 Å². The molecule has 0 bridgehead atoms. The number of thioether (sulfide) groups is 1. The van der Waals surface area contributed by atoms with E-state index in [1.807, 2.05) is 30.3 Å². The molecule has 0 aliphatic rings. The van der Waals surface area contributed by atoms with Crippen molar-refractivity contribution in [2.24, 2.45) is 0 Å². The number of rotatable bonds is 8. The lowest BCUT2D eigenvalue weighted by Gasteiger charge is -2.09. The molecule has 28 heavy (non-hydrogen) atoms. The van der Waals surface area contributed by atoms with Crippen LogP contribution in [0.2, 0.25) is 0 Å². The van der Waals surface area contributed by atoms with Crippen molar-refractivity contribution in [2.75, 3.05) is 23.5 Å². The van der Waals surface area contributed by atoms with Crippen LogP contribution >= 0.6 is 23.1 Å². The number of anilines is 3. The number of para-hydroxylation sites is 1. The maximum atomic E-state index is 12.2. The van der Waals surface area contributed by atoms with Gasteiger partial charge >= 0.3 is 0 Å². The number of nitro benzene ring substituents is 1. The zero-order chi connectivity index (χ0) is 19.9. The van der Waals surface area contributed by atoms with E-state index in [-0.39, 0.29) is 23.1 Å². The van der Waals surface area contributed by atoms with Gasteiger partial charge in [-0.2, -0.15) is 0 Å². The van der Waals surface area contributed by atoms with Crippen molar-refractivity contribution < 1.29 is 14.5 Å². The van der Waals surface area contributed by atoms with Crippen LogP contribution in [0.25, 0.3) is 0 Å².